The molecule has 3 N–H and O–H groups in total. The molecule has 0 unspecified atom stereocenters. The molecule has 130 valence electrons. The number of rotatable bonds is 4. The van der Waals surface area contributed by atoms with E-state index in [4.69, 9.17) is 10.5 Å². The van der Waals surface area contributed by atoms with Gasteiger partial charge in [-0.1, -0.05) is 18.2 Å². The molecule has 5 heteroatoms. The fourth-order valence-corrected chi connectivity index (χ4v) is 3.41. The standard InChI is InChI=1S/C20H24N4O/c21-20-14-23(17-5-4-12-22-13-17)15-24(20)16-8-10-19(11-9-16)25-18-6-2-1-3-7-18/h1-3,6-11,14,17,22H,4-5,12-13,15,21H2/t17-/m1/s1. The summed E-state index contributed by atoms with van der Waals surface area (Å²) in [6, 6.07) is 18.4. The normalized spacial score (nSPS) is 20.5. The molecule has 25 heavy (non-hydrogen) atoms. The monoisotopic (exact) mass is 336 g/mol. The second-order valence-electron chi connectivity index (χ2n) is 6.55. The summed E-state index contributed by atoms with van der Waals surface area (Å²) in [6.07, 6.45) is 4.51. The number of benzene rings is 2. The van der Waals surface area contributed by atoms with E-state index in [-0.39, 0.29) is 0 Å². The molecule has 0 amide bonds. The Kier molecular flexibility index (Phi) is 4.48. The van der Waals surface area contributed by atoms with Gasteiger partial charge in [0.25, 0.3) is 0 Å². The quantitative estimate of drug-likeness (QED) is 0.899. The molecule has 0 aliphatic carbocycles. The Morgan fingerprint density at radius 3 is 2.48 bits per heavy atom. The third-order valence-corrected chi connectivity index (χ3v) is 4.78. The van der Waals surface area contributed by atoms with Crippen LogP contribution in [-0.4, -0.2) is 30.7 Å². The van der Waals surface area contributed by atoms with E-state index in [0.29, 0.717) is 6.04 Å². The minimum Gasteiger partial charge on any atom is -0.457 e. The summed E-state index contributed by atoms with van der Waals surface area (Å²) in [7, 11) is 0. The Hall–Kier alpha value is -2.66. The number of nitrogens with one attached hydrogen (secondary N) is 1. The van der Waals surface area contributed by atoms with Crippen LogP contribution >= 0.6 is 0 Å². The first-order valence-corrected chi connectivity index (χ1v) is 8.84. The predicted molar refractivity (Wildman–Crippen MR) is 100 cm³/mol. The number of hydrogen-bond acceptors (Lipinski definition) is 5. The van der Waals surface area contributed by atoms with Crippen LogP contribution in [0, 0.1) is 0 Å². The summed E-state index contributed by atoms with van der Waals surface area (Å²) < 4.78 is 5.86. The van der Waals surface area contributed by atoms with Crippen LogP contribution < -0.4 is 20.7 Å². The maximum Gasteiger partial charge on any atom is 0.127 e. The molecule has 2 aromatic carbocycles. The van der Waals surface area contributed by atoms with Crippen molar-refractivity contribution in [1.82, 2.24) is 10.2 Å². The molecule has 2 aromatic rings. The van der Waals surface area contributed by atoms with E-state index in [9.17, 15) is 0 Å². The van der Waals surface area contributed by atoms with Crippen molar-refractivity contribution in [3.63, 3.8) is 0 Å². The molecule has 0 spiro atoms. The van der Waals surface area contributed by atoms with Gasteiger partial charge in [-0.2, -0.15) is 0 Å². The fourth-order valence-electron chi connectivity index (χ4n) is 3.41. The first-order valence-electron chi connectivity index (χ1n) is 8.84. The zero-order chi connectivity index (χ0) is 17.1. The van der Waals surface area contributed by atoms with Crippen LogP contribution in [0.3, 0.4) is 0 Å². The van der Waals surface area contributed by atoms with Crippen LogP contribution in [0.1, 0.15) is 12.8 Å². The lowest BCUT2D eigenvalue weighted by Crippen LogP contribution is -2.44. The van der Waals surface area contributed by atoms with E-state index < -0.39 is 0 Å². The molecule has 1 saturated heterocycles. The summed E-state index contributed by atoms with van der Waals surface area (Å²) >= 11 is 0. The van der Waals surface area contributed by atoms with Gasteiger partial charge in [0, 0.05) is 24.5 Å². The molecular weight excluding hydrogens is 312 g/mol. The lowest BCUT2D eigenvalue weighted by atomic mass is 10.1. The zero-order valence-corrected chi connectivity index (χ0v) is 14.3. The molecule has 2 aliphatic heterocycles. The Balaban J connectivity index is 1.42. The number of ether oxygens (including phenoxy) is 1. The van der Waals surface area contributed by atoms with Crippen LogP contribution in [-0.2, 0) is 0 Å². The molecule has 2 aliphatic rings. The third-order valence-electron chi connectivity index (χ3n) is 4.78. The van der Waals surface area contributed by atoms with Crippen LogP contribution in [0.2, 0.25) is 0 Å². The van der Waals surface area contributed by atoms with Gasteiger partial charge < -0.3 is 25.6 Å². The van der Waals surface area contributed by atoms with Crippen molar-refractivity contribution in [1.29, 1.82) is 0 Å². The van der Waals surface area contributed by atoms with Gasteiger partial charge in [0.05, 0.1) is 6.67 Å². The SMILES string of the molecule is NC1=CN([C@@H]2CCCNC2)CN1c1ccc(Oc2ccccc2)cc1. The number of para-hydroxylation sites is 1. The zero-order valence-electron chi connectivity index (χ0n) is 14.3. The maximum absolute atomic E-state index is 6.26. The van der Waals surface area contributed by atoms with Gasteiger partial charge in [-0.05, 0) is 55.8 Å². The Morgan fingerprint density at radius 1 is 1.00 bits per heavy atom. The predicted octanol–water partition coefficient (Wildman–Crippen LogP) is 3.07. The first kappa shape index (κ1) is 15.8. The molecule has 0 bridgehead atoms. The van der Waals surface area contributed by atoms with Crippen LogP contribution in [0.15, 0.2) is 66.6 Å². The molecule has 1 fully saturated rings. The van der Waals surface area contributed by atoms with Gasteiger partial charge in [0.2, 0.25) is 0 Å². The third kappa shape index (κ3) is 3.56. The fraction of sp³-hybridized carbons (Fsp3) is 0.300. The van der Waals surface area contributed by atoms with Crippen molar-refractivity contribution < 1.29 is 4.74 Å². The number of nitrogens with zero attached hydrogens (tertiary/aromatic N) is 2. The smallest absolute Gasteiger partial charge is 0.127 e. The van der Waals surface area contributed by atoms with Crippen molar-refractivity contribution in [2.75, 3.05) is 24.7 Å². The molecule has 2 heterocycles. The van der Waals surface area contributed by atoms with Crippen LogP contribution in [0.4, 0.5) is 5.69 Å². The second-order valence-corrected chi connectivity index (χ2v) is 6.55. The lowest BCUT2D eigenvalue weighted by molar-refractivity contribution is 0.245. The minimum atomic E-state index is 0.526. The Morgan fingerprint density at radius 2 is 1.76 bits per heavy atom. The number of anilines is 1. The van der Waals surface area contributed by atoms with E-state index in [1.54, 1.807) is 0 Å². The topological polar surface area (TPSA) is 53.8 Å². The molecular formula is C20H24N4O. The van der Waals surface area contributed by atoms with E-state index in [1.807, 2.05) is 42.5 Å². The van der Waals surface area contributed by atoms with E-state index >= 15 is 0 Å². The van der Waals surface area contributed by atoms with Crippen molar-refractivity contribution >= 4 is 5.69 Å². The minimum absolute atomic E-state index is 0.526. The van der Waals surface area contributed by atoms with E-state index in [0.717, 1.165) is 42.8 Å². The number of hydrogen-bond donors (Lipinski definition) is 2. The largest absolute Gasteiger partial charge is 0.457 e. The summed E-state index contributed by atoms with van der Waals surface area (Å²) in [5, 5.41) is 3.46. The van der Waals surface area contributed by atoms with Gasteiger partial charge >= 0.3 is 0 Å². The van der Waals surface area contributed by atoms with Gasteiger partial charge in [-0.3, -0.25) is 0 Å². The summed E-state index contributed by atoms with van der Waals surface area (Å²) in [5.74, 6) is 2.46. The molecule has 0 aromatic heterocycles. The van der Waals surface area contributed by atoms with Crippen molar-refractivity contribution in [2.24, 2.45) is 5.73 Å². The highest BCUT2D eigenvalue weighted by atomic mass is 16.5. The van der Waals surface area contributed by atoms with E-state index in [2.05, 4.69) is 33.4 Å². The highest BCUT2D eigenvalue weighted by molar-refractivity contribution is 5.55. The van der Waals surface area contributed by atoms with Gasteiger partial charge in [0.1, 0.15) is 17.3 Å². The summed E-state index contributed by atoms with van der Waals surface area (Å²) in [6.45, 7) is 2.95. The van der Waals surface area contributed by atoms with Crippen molar-refractivity contribution in [3.8, 4) is 11.5 Å². The average Bonchev–Trinajstić information content (AvgIpc) is 3.06. The Labute approximate surface area is 148 Å². The molecule has 5 nitrogen and oxygen atoms in total. The average molecular weight is 336 g/mol. The Bertz CT molecular complexity index is 723. The summed E-state index contributed by atoms with van der Waals surface area (Å²) in [5.41, 5.74) is 7.35. The van der Waals surface area contributed by atoms with Crippen molar-refractivity contribution in [2.45, 2.75) is 18.9 Å². The molecule has 4 rings (SSSR count). The van der Waals surface area contributed by atoms with Gasteiger partial charge in [-0.25, -0.2) is 0 Å². The number of piperidine rings is 1. The van der Waals surface area contributed by atoms with Crippen LogP contribution in [0.25, 0.3) is 0 Å². The first-order chi connectivity index (χ1) is 12.3. The molecule has 0 radical (unpaired) electrons. The molecule has 0 saturated carbocycles. The van der Waals surface area contributed by atoms with Crippen LogP contribution in [0.5, 0.6) is 11.5 Å². The second kappa shape index (κ2) is 7.07. The highest BCUT2D eigenvalue weighted by Gasteiger charge is 2.26. The van der Waals surface area contributed by atoms with E-state index in [1.165, 1.54) is 12.8 Å². The highest BCUT2D eigenvalue weighted by Crippen LogP contribution is 2.28. The summed E-state index contributed by atoms with van der Waals surface area (Å²) in [4.78, 5) is 4.48. The lowest BCUT2D eigenvalue weighted by Gasteiger charge is -2.32. The van der Waals surface area contributed by atoms with Gasteiger partial charge in [-0.15, -0.1) is 0 Å². The van der Waals surface area contributed by atoms with Gasteiger partial charge in [0.15, 0.2) is 0 Å². The number of nitrogens with two attached hydrogens (primary N) is 1. The molecule has 1 atom stereocenters. The van der Waals surface area contributed by atoms with Crippen molar-refractivity contribution in [3.05, 3.63) is 66.6 Å². The maximum atomic E-state index is 6.26.